The van der Waals surface area contributed by atoms with Crippen LogP contribution in [0.2, 0.25) is 0 Å². The van der Waals surface area contributed by atoms with E-state index >= 15 is 0 Å². The minimum Gasteiger partial charge on any atom is -0.376 e. The Labute approximate surface area is 128 Å². The summed E-state index contributed by atoms with van der Waals surface area (Å²) in [6.07, 6.45) is 8.25. The van der Waals surface area contributed by atoms with Gasteiger partial charge >= 0.3 is 0 Å². The largest absolute Gasteiger partial charge is 0.376 e. The summed E-state index contributed by atoms with van der Waals surface area (Å²) in [5.74, 6) is 0.901. The quantitative estimate of drug-likeness (QED) is 0.582. The van der Waals surface area contributed by atoms with Gasteiger partial charge in [-0.25, -0.2) is 0 Å². The lowest BCUT2D eigenvalue weighted by Gasteiger charge is -2.47. The zero-order chi connectivity index (χ0) is 14.0. The summed E-state index contributed by atoms with van der Waals surface area (Å²) >= 11 is 3.68. The molecule has 1 unspecified atom stereocenters. The number of rotatable bonds is 4. The molecule has 2 heterocycles. The fourth-order valence-corrected chi connectivity index (χ4v) is 5.54. The maximum Gasteiger partial charge on any atom is 0.180 e. The molecule has 5 rings (SSSR count). The van der Waals surface area contributed by atoms with Crippen LogP contribution in [0.3, 0.4) is 0 Å². The van der Waals surface area contributed by atoms with Gasteiger partial charge in [-0.05, 0) is 17.3 Å². The SMILES string of the molecule is CCCCC[C@H]1OC[C@@]23C=C(Br)[C@@H](CC12)[C@@]1(CO1)C3=O. The molecule has 0 aromatic carbocycles. The van der Waals surface area contributed by atoms with Gasteiger partial charge in [0.25, 0.3) is 0 Å². The molecule has 2 saturated heterocycles. The molecule has 0 aromatic rings. The van der Waals surface area contributed by atoms with Gasteiger partial charge in [0.2, 0.25) is 0 Å². The van der Waals surface area contributed by atoms with Crippen LogP contribution in [0.5, 0.6) is 0 Å². The van der Waals surface area contributed by atoms with E-state index in [0.29, 0.717) is 24.9 Å². The summed E-state index contributed by atoms with van der Waals surface area (Å²) < 4.78 is 12.8. The zero-order valence-corrected chi connectivity index (χ0v) is 13.4. The van der Waals surface area contributed by atoms with Gasteiger partial charge < -0.3 is 9.47 Å². The molecule has 2 bridgehead atoms. The third kappa shape index (κ3) is 1.56. The van der Waals surface area contributed by atoms with Gasteiger partial charge in [-0.2, -0.15) is 0 Å². The van der Waals surface area contributed by atoms with Gasteiger partial charge in [-0.15, -0.1) is 0 Å². The standard InChI is InChI=1S/C16H21BrO3/c1-2-3-4-5-13-11-6-10-12(17)7-15(11,8-19-13)14(18)16(10)9-20-16/h7,10-11,13H,2-6,8-9H2,1H3/t10-,11?,13-,15+,16+/m1/s1. The van der Waals surface area contributed by atoms with Crippen LogP contribution >= 0.6 is 15.9 Å². The Balaban J connectivity index is 1.61. The molecule has 5 aliphatic rings. The average molecular weight is 341 g/mol. The number of unbranched alkanes of at least 4 members (excludes halogenated alkanes) is 2. The Morgan fingerprint density at radius 2 is 2.20 bits per heavy atom. The molecule has 2 aliphatic heterocycles. The number of hydrogen-bond acceptors (Lipinski definition) is 3. The molecule has 3 fully saturated rings. The van der Waals surface area contributed by atoms with E-state index in [2.05, 4.69) is 28.9 Å². The third-order valence-corrected chi connectivity index (χ3v) is 6.56. The maximum absolute atomic E-state index is 12.9. The summed E-state index contributed by atoms with van der Waals surface area (Å²) in [4.78, 5) is 12.9. The molecular formula is C16H21BrO3. The van der Waals surface area contributed by atoms with Crippen LogP contribution in [0.25, 0.3) is 0 Å². The minimum absolute atomic E-state index is 0.234. The highest BCUT2D eigenvalue weighted by Gasteiger charge is 2.74. The van der Waals surface area contributed by atoms with Gasteiger partial charge in [0.1, 0.15) is 0 Å². The highest BCUT2D eigenvalue weighted by atomic mass is 79.9. The zero-order valence-electron chi connectivity index (χ0n) is 11.9. The Morgan fingerprint density at radius 1 is 1.40 bits per heavy atom. The molecule has 0 radical (unpaired) electrons. The van der Waals surface area contributed by atoms with E-state index < -0.39 is 11.0 Å². The lowest BCUT2D eigenvalue weighted by molar-refractivity contribution is -0.140. The molecule has 20 heavy (non-hydrogen) atoms. The molecule has 1 saturated carbocycles. The van der Waals surface area contributed by atoms with Crippen molar-refractivity contribution in [3.63, 3.8) is 0 Å². The molecular weight excluding hydrogens is 320 g/mol. The topological polar surface area (TPSA) is 38.8 Å². The summed E-state index contributed by atoms with van der Waals surface area (Å²) in [5.41, 5.74) is -0.896. The molecule has 110 valence electrons. The Kier molecular flexibility index (Phi) is 2.97. The number of ketones is 1. The Morgan fingerprint density at radius 3 is 2.90 bits per heavy atom. The predicted octanol–water partition coefficient (Wildman–Crippen LogP) is 3.22. The second-order valence-electron chi connectivity index (χ2n) is 6.82. The van der Waals surface area contributed by atoms with Crippen molar-refractivity contribution in [3.8, 4) is 0 Å². The first-order valence-electron chi connectivity index (χ1n) is 7.83. The van der Waals surface area contributed by atoms with Crippen molar-refractivity contribution in [3.05, 3.63) is 10.6 Å². The number of halogens is 1. The van der Waals surface area contributed by atoms with E-state index in [-0.39, 0.29) is 12.0 Å². The molecule has 3 nitrogen and oxygen atoms in total. The van der Waals surface area contributed by atoms with Crippen molar-refractivity contribution in [2.75, 3.05) is 13.2 Å². The van der Waals surface area contributed by atoms with Crippen molar-refractivity contribution in [1.82, 2.24) is 0 Å². The summed E-state index contributed by atoms with van der Waals surface area (Å²) in [5, 5.41) is 0. The van der Waals surface area contributed by atoms with E-state index in [0.717, 1.165) is 12.8 Å². The Hall–Kier alpha value is -0.190. The number of epoxide rings is 1. The number of hydrogen-bond donors (Lipinski definition) is 0. The summed E-state index contributed by atoms with van der Waals surface area (Å²) in [6, 6.07) is 0. The molecule has 5 atom stereocenters. The maximum atomic E-state index is 12.9. The van der Waals surface area contributed by atoms with Crippen LogP contribution in [0.15, 0.2) is 10.6 Å². The third-order valence-electron chi connectivity index (χ3n) is 5.78. The average Bonchev–Trinajstić information content (AvgIpc) is 3.14. The predicted molar refractivity (Wildman–Crippen MR) is 78.6 cm³/mol. The van der Waals surface area contributed by atoms with Crippen molar-refractivity contribution in [2.45, 2.75) is 50.7 Å². The van der Waals surface area contributed by atoms with Crippen LogP contribution in [0, 0.1) is 17.3 Å². The smallest absolute Gasteiger partial charge is 0.180 e. The van der Waals surface area contributed by atoms with Crippen molar-refractivity contribution in [2.24, 2.45) is 17.3 Å². The summed E-state index contributed by atoms with van der Waals surface area (Å²) in [6.45, 7) is 3.38. The number of Topliss-reactive ketones (excluding diaryl/α,β-unsaturated/α-hetero) is 1. The fraction of sp³-hybridized carbons (Fsp3) is 0.812. The Bertz CT molecular complexity index is 482. The monoisotopic (exact) mass is 340 g/mol. The normalized spacial score (nSPS) is 48.6. The first kappa shape index (κ1) is 13.5. The molecule has 0 aromatic heterocycles. The molecule has 2 spiro atoms. The minimum atomic E-state index is -0.494. The lowest BCUT2D eigenvalue weighted by Crippen LogP contribution is -2.58. The molecule has 0 amide bonds. The van der Waals surface area contributed by atoms with Gasteiger partial charge in [-0.1, -0.05) is 48.2 Å². The second kappa shape index (κ2) is 4.40. The van der Waals surface area contributed by atoms with Crippen LogP contribution in [0.1, 0.15) is 39.0 Å². The van der Waals surface area contributed by atoms with Gasteiger partial charge in [-0.3, -0.25) is 4.79 Å². The van der Waals surface area contributed by atoms with E-state index in [4.69, 9.17) is 9.47 Å². The van der Waals surface area contributed by atoms with Crippen LogP contribution in [-0.2, 0) is 14.3 Å². The van der Waals surface area contributed by atoms with E-state index in [1.807, 2.05) is 0 Å². The molecule has 4 heteroatoms. The first-order chi connectivity index (χ1) is 9.64. The van der Waals surface area contributed by atoms with Gasteiger partial charge in [0.15, 0.2) is 11.4 Å². The van der Waals surface area contributed by atoms with Crippen LogP contribution in [0.4, 0.5) is 0 Å². The first-order valence-corrected chi connectivity index (χ1v) is 8.62. The number of ether oxygens (including phenoxy) is 2. The van der Waals surface area contributed by atoms with Gasteiger partial charge in [0.05, 0.1) is 24.7 Å². The van der Waals surface area contributed by atoms with E-state index in [1.165, 1.54) is 23.7 Å². The van der Waals surface area contributed by atoms with E-state index in [9.17, 15) is 4.79 Å². The highest BCUT2D eigenvalue weighted by Crippen LogP contribution is 2.64. The van der Waals surface area contributed by atoms with Gasteiger partial charge in [0, 0.05) is 11.8 Å². The van der Waals surface area contributed by atoms with Crippen molar-refractivity contribution < 1.29 is 14.3 Å². The lowest BCUT2D eigenvalue weighted by atomic mass is 9.54. The van der Waals surface area contributed by atoms with E-state index in [1.54, 1.807) is 0 Å². The highest BCUT2D eigenvalue weighted by molar-refractivity contribution is 9.11. The molecule has 0 N–H and O–H groups in total. The number of carbonyl (C=O) groups excluding carboxylic acids is 1. The van der Waals surface area contributed by atoms with Crippen molar-refractivity contribution in [1.29, 1.82) is 0 Å². The van der Waals surface area contributed by atoms with Crippen LogP contribution in [-0.4, -0.2) is 30.7 Å². The number of carbonyl (C=O) groups is 1. The van der Waals surface area contributed by atoms with Crippen LogP contribution < -0.4 is 0 Å². The molecule has 3 aliphatic carbocycles. The fourth-order valence-electron chi connectivity index (χ4n) is 4.58. The summed E-state index contributed by atoms with van der Waals surface area (Å²) in [7, 11) is 0. The second-order valence-corrected chi connectivity index (χ2v) is 7.73. The van der Waals surface area contributed by atoms with Crippen molar-refractivity contribution >= 4 is 21.7 Å².